The number of pyridine rings is 1. The third-order valence-electron chi connectivity index (χ3n) is 2.23. The summed E-state index contributed by atoms with van der Waals surface area (Å²) in [6.45, 7) is 0. The molecular weight excluding hydrogens is 232 g/mol. The first kappa shape index (κ1) is 11.0. The Balaban J connectivity index is 2.63. The Hall–Kier alpha value is -1.48. The van der Waals surface area contributed by atoms with E-state index in [1.165, 1.54) is 12.1 Å². The number of nitrogens with zero attached hydrogens (tertiary/aromatic N) is 1. The Morgan fingerprint density at radius 2 is 1.88 bits per heavy atom. The summed E-state index contributed by atoms with van der Waals surface area (Å²) in [5.74, 6) is -0.808. The average molecular weight is 240 g/mol. The molecule has 0 unspecified atom stereocenters. The molecule has 1 aromatic heterocycles. The Labute approximate surface area is 96.7 Å². The fourth-order valence-electron chi connectivity index (χ4n) is 1.49. The molecule has 0 aliphatic carbocycles. The van der Waals surface area contributed by atoms with E-state index in [9.17, 15) is 8.78 Å². The van der Waals surface area contributed by atoms with Gasteiger partial charge < -0.3 is 0 Å². The molecule has 0 bridgehead atoms. The van der Waals surface area contributed by atoms with Crippen LogP contribution in [-0.2, 0) is 5.88 Å². The number of rotatable bonds is 2. The molecular formula is C12H8ClF2N. The molecule has 1 nitrogen and oxygen atoms in total. The summed E-state index contributed by atoms with van der Waals surface area (Å²) in [6.07, 6.45) is 1.07. The molecule has 0 radical (unpaired) electrons. The molecule has 4 heteroatoms. The largest absolute Gasteiger partial charge is 0.256 e. The lowest BCUT2D eigenvalue weighted by molar-refractivity contribution is 0.618. The summed E-state index contributed by atoms with van der Waals surface area (Å²) in [4.78, 5) is 3.84. The fourth-order valence-corrected chi connectivity index (χ4v) is 1.70. The molecule has 0 N–H and O–H groups in total. The van der Waals surface area contributed by atoms with Crippen molar-refractivity contribution in [1.29, 1.82) is 0 Å². The van der Waals surface area contributed by atoms with E-state index in [0.717, 1.165) is 6.20 Å². The molecule has 0 amide bonds. The summed E-state index contributed by atoms with van der Waals surface area (Å²) in [6, 6.07) is 7.39. The highest BCUT2D eigenvalue weighted by Crippen LogP contribution is 2.26. The Morgan fingerprint density at radius 1 is 1.12 bits per heavy atom. The van der Waals surface area contributed by atoms with Crippen molar-refractivity contribution in [2.24, 2.45) is 0 Å². The van der Waals surface area contributed by atoms with Crippen molar-refractivity contribution in [3.63, 3.8) is 0 Å². The van der Waals surface area contributed by atoms with Crippen LogP contribution in [0.4, 0.5) is 8.78 Å². The van der Waals surface area contributed by atoms with Gasteiger partial charge in [-0.3, -0.25) is 4.98 Å². The third kappa shape index (κ3) is 2.04. The third-order valence-corrected chi connectivity index (χ3v) is 2.48. The van der Waals surface area contributed by atoms with Crippen LogP contribution >= 0.6 is 11.6 Å². The van der Waals surface area contributed by atoms with E-state index >= 15 is 0 Å². The second-order valence-electron chi connectivity index (χ2n) is 3.26. The van der Waals surface area contributed by atoms with Crippen molar-refractivity contribution < 1.29 is 8.78 Å². The predicted octanol–water partition coefficient (Wildman–Crippen LogP) is 3.77. The lowest BCUT2D eigenvalue weighted by Crippen LogP contribution is -1.94. The van der Waals surface area contributed by atoms with Crippen LogP contribution in [0.2, 0.25) is 0 Å². The Morgan fingerprint density at radius 3 is 2.56 bits per heavy atom. The zero-order chi connectivity index (χ0) is 11.5. The number of aromatic nitrogens is 1. The minimum absolute atomic E-state index is 0.115. The maximum Gasteiger partial charge on any atom is 0.142 e. The monoisotopic (exact) mass is 239 g/mol. The molecule has 1 heterocycles. The first-order valence-corrected chi connectivity index (χ1v) is 5.21. The zero-order valence-electron chi connectivity index (χ0n) is 8.25. The molecule has 0 fully saturated rings. The average Bonchev–Trinajstić information content (AvgIpc) is 2.29. The number of hydrogen-bond acceptors (Lipinski definition) is 1. The number of alkyl halides is 1. The standard InChI is InChI=1S/C12H8ClF2N/c13-6-12-10(5-8(14)7-16-12)9-3-1-2-4-11(9)15/h1-5,7H,6H2. The van der Waals surface area contributed by atoms with Crippen molar-refractivity contribution in [1.82, 2.24) is 4.98 Å². The first-order valence-electron chi connectivity index (χ1n) is 4.67. The van der Waals surface area contributed by atoms with Crippen molar-refractivity contribution in [3.05, 3.63) is 53.9 Å². The normalized spacial score (nSPS) is 10.4. The summed E-state index contributed by atoms with van der Waals surface area (Å²) in [5, 5.41) is 0. The molecule has 82 valence electrons. The topological polar surface area (TPSA) is 12.9 Å². The van der Waals surface area contributed by atoms with E-state index in [4.69, 9.17) is 11.6 Å². The Bertz CT molecular complexity index is 514. The highest BCUT2D eigenvalue weighted by Gasteiger charge is 2.10. The van der Waals surface area contributed by atoms with Crippen LogP contribution in [-0.4, -0.2) is 4.98 Å². The van der Waals surface area contributed by atoms with E-state index in [1.807, 2.05) is 0 Å². The van der Waals surface area contributed by atoms with E-state index in [0.29, 0.717) is 16.8 Å². The molecule has 0 aliphatic rings. The lowest BCUT2D eigenvalue weighted by Gasteiger charge is -2.07. The molecule has 1 aromatic carbocycles. The smallest absolute Gasteiger partial charge is 0.142 e. The fraction of sp³-hybridized carbons (Fsp3) is 0.0833. The van der Waals surface area contributed by atoms with Gasteiger partial charge in [0.2, 0.25) is 0 Å². The summed E-state index contributed by atoms with van der Waals surface area (Å²) < 4.78 is 26.6. The van der Waals surface area contributed by atoms with E-state index in [2.05, 4.69) is 4.98 Å². The van der Waals surface area contributed by atoms with Gasteiger partial charge in [0.1, 0.15) is 11.6 Å². The van der Waals surface area contributed by atoms with E-state index in [-0.39, 0.29) is 5.88 Å². The van der Waals surface area contributed by atoms with Gasteiger partial charge in [0.25, 0.3) is 0 Å². The van der Waals surface area contributed by atoms with Gasteiger partial charge in [-0.15, -0.1) is 11.6 Å². The van der Waals surface area contributed by atoms with Crippen LogP contribution in [0.5, 0.6) is 0 Å². The van der Waals surface area contributed by atoms with Gasteiger partial charge in [0.15, 0.2) is 0 Å². The molecule has 2 rings (SSSR count). The second-order valence-corrected chi connectivity index (χ2v) is 3.53. The number of hydrogen-bond donors (Lipinski definition) is 0. The van der Waals surface area contributed by atoms with E-state index < -0.39 is 11.6 Å². The minimum atomic E-state index is -0.507. The maximum atomic E-state index is 13.5. The molecule has 0 atom stereocenters. The number of halogens is 3. The van der Waals surface area contributed by atoms with Crippen LogP contribution in [0.15, 0.2) is 36.5 Å². The van der Waals surface area contributed by atoms with Crippen molar-refractivity contribution in [2.45, 2.75) is 5.88 Å². The van der Waals surface area contributed by atoms with Crippen molar-refractivity contribution >= 4 is 11.6 Å². The minimum Gasteiger partial charge on any atom is -0.256 e. The van der Waals surface area contributed by atoms with Gasteiger partial charge >= 0.3 is 0 Å². The van der Waals surface area contributed by atoms with E-state index in [1.54, 1.807) is 18.2 Å². The summed E-state index contributed by atoms with van der Waals surface area (Å²) in [5.41, 5.74) is 1.17. The van der Waals surface area contributed by atoms with Crippen molar-refractivity contribution in [2.75, 3.05) is 0 Å². The lowest BCUT2D eigenvalue weighted by atomic mass is 10.0. The highest BCUT2D eigenvalue weighted by atomic mass is 35.5. The van der Waals surface area contributed by atoms with Gasteiger partial charge in [-0.1, -0.05) is 18.2 Å². The van der Waals surface area contributed by atoms with Crippen LogP contribution in [0.1, 0.15) is 5.69 Å². The van der Waals surface area contributed by atoms with Gasteiger partial charge in [-0.05, 0) is 12.1 Å². The van der Waals surface area contributed by atoms with Crippen LogP contribution in [0.25, 0.3) is 11.1 Å². The van der Waals surface area contributed by atoms with Gasteiger partial charge in [-0.25, -0.2) is 8.78 Å². The first-order chi connectivity index (χ1) is 7.72. The van der Waals surface area contributed by atoms with Crippen LogP contribution < -0.4 is 0 Å². The molecule has 0 saturated carbocycles. The van der Waals surface area contributed by atoms with Gasteiger partial charge in [0, 0.05) is 11.1 Å². The molecule has 2 aromatic rings. The summed E-state index contributed by atoms with van der Waals surface area (Å²) in [7, 11) is 0. The Kier molecular flexibility index (Phi) is 3.15. The maximum absolute atomic E-state index is 13.5. The van der Waals surface area contributed by atoms with Crippen LogP contribution in [0.3, 0.4) is 0 Å². The highest BCUT2D eigenvalue weighted by molar-refractivity contribution is 6.17. The second kappa shape index (κ2) is 4.58. The predicted molar refractivity (Wildman–Crippen MR) is 59.1 cm³/mol. The van der Waals surface area contributed by atoms with Gasteiger partial charge in [-0.2, -0.15) is 0 Å². The molecule has 16 heavy (non-hydrogen) atoms. The van der Waals surface area contributed by atoms with Crippen LogP contribution in [0, 0.1) is 11.6 Å². The molecule has 0 saturated heterocycles. The summed E-state index contributed by atoms with van der Waals surface area (Å²) >= 11 is 5.68. The van der Waals surface area contributed by atoms with Gasteiger partial charge in [0.05, 0.1) is 17.8 Å². The molecule has 0 aliphatic heterocycles. The molecule has 0 spiro atoms. The quantitative estimate of drug-likeness (QED) is 0.727. The SMILES string of the molecule is Fc1cnc(CCl)c(-c2ccccc2F)c1. The number of benzene rings is 1. The zero-order valence-corrected chi connectivity index (χ0v) is 9.01. The van der Waals surface area contributed by atoms with Crippen molar-refractivity contribution in [3.8, 4) is 11.1 Å².